The molecule has 1 unspecified atom stereocenters. The quantitative estimate of drug-likeness (QED) is 0.451. The highest BCUT2D eigenvalue weighted by Gasteiger charge is 2.42. The zero-order valence-corrected chi connectivity index (χ0v) is 6.57. The van der Waals surface area contributed by atoms with Gasteiger partial charge in [-0.1, -0.05) is 0 Å². The standard InChI is InChI=1S/C7H11NO3/c1-4(2)8-3-5(6(8)9)7(10)11/h4-5H,3H2,1-2H3,(H,10,11). The number of β-lactam (4-membered cyclic amide) rings is 1. The van der Waals surface area contributed by atoms with Crippen LogP contribution in [0.15, 0.2) is 0 Å². The Morgan fingerprint density at radius 1 is 1.73 bits per heavy atom. The minimum Gasteiger partial charge on any atom is -0.481 e. The van der Waals surface area contributed by atoms with Crippen molar-refractivity contribution < 1.29 is 14.7 Å². The molecule has 1 N–H and O–H groups in total. The summed E-state index contributed by atoms with van der Waals surface area (Å²) in [4.78, 5) is 22.9. The molecule has 1 atom stereocenters. The lowest BCUT2D eigenvalue weighted by molar-refractivity contribution is -0.163. The average molecular weight is 157 g/mol. The van der Waals surface area contributed by atoms with Gasteiger partial charge in [-0.05, 0) is 13.8 Å². The molecule has 0 aliphatic carbocycles. The molecule has 1 aliphatic heterocycles. The van der Waals surface area contributed by atoms with E-state index >= 15 is 0 Å². The maximum atomic E-state index is 11.0. The summed E-state index contributed by atoms with van der Waals surface area (Å²) >= 11 is 0. The number of carboxylic acids is 1. The van der Waals surface area contributed by atoms with Gasteiger partial charge >= 0.3 is 5.97 Å². The van der Waals surface area contributed by atoms with Gasteiger partial charge in [0.1, 0.15) is 0 Å². The lowest BCUT2D eigenvalue weighted by Crippen LogP contribution is -2.58. The molecule has 0 aromatic rings. The van der Waals surface area contributed by atoms with E-state index in [1.807, 2.05) is 13.8 Å². The van der Waals surface area contributed by atoms with Gasteiger partial charge in [0, 0.05) is 12.6 Å². The first-order valence-electron chi connectivity index (χ1n) is 3.57. The monoisotopic (exact) mass is 157 g/mol. The summed E-state index contributed by atoms with van der Waals surface area (Å²) in [7, 11) is 0. The second-order valence-electron chi connectivity index (χ2n) is 2.98. The van der Waals surface area contributed by atoms with Crippen LogP contribution < -0.4 is 0 Å². The molecule has 0 spiro atoms. The van der Waals surface area contributed by atoms with Gasteiger partial charge in [0.25, 0.3) is 0 Å². The zero-order valence-electron chi connectivity index (χ0n) is 6.57. The molecule has 4 heteroatoms. The average Bonchev–Trinajstić information content (AvgIpc) is 1.82. The van der Waals surface area contributed by atoms with Crippen LogP contribution in [0.25, 0.3) is 0 Å². The predicted molar refractivity (Wildman–Crippen MR) is 38.0 cm³/mol. The van der Waals surface area contributed by atoms with Crippen LogP contribution in [0.5, 0.6) is 0 Å². The van der Waals surface area contributed by atoms with E-state index in [0.717, 1.165) is 0 Å². The van der Waals surface area contributed by atoms with Crippen molar-refractivity contribution >= 4 is 11.9 Å². The molecule has 1 heterocycles. The van der Waals surface area contributed by atoms with Gasteiger partial charge in [-0.2, -0.15) is 0 Å². The van der Waals surface area contributed by atoms with E-state index in [4.69, 9.17) is 5.11 Å². The van der Waals surface area contributed by atoms with Crippen LogP contribution in [0.1, 0.15) is 13.8 Å². The maximum absolute atomic E-state index is 11.0. The first-order chi connectivity index (χ1) is 5.04. The SMILES string of the molecule is CC(C)N1CC(C(=O)O)C1=O. The van der Waals surface area contributed by atoms with E-state index in [9.17, 15) is 9.59 Å². The van der Waals surface area contributed by atoms with Crippen molar-refractivity contribution in [3.05, 3.63) is 0 Å². The van der Waals surface area contributed by atoms with E-state index in [1.54, 1.807) is 4.90 Å². The molecular formula is C7H11NO3. The summed E-state index contributed by atoms with van der Waals surface area (Å²) in [6, 6.07) is 0.123. The van der Waals surface area contributed by atoms with Gasteiger partial charge in [0.05, 0.1) is 0 Å². The van der Waals surface area contributed by atoms with Crippen LogP contribution in [-0.2, 0) is 9.59 Å². The van der Waals surface area contributed by atoms with Crippen LogP contribution in [0.4, 0.5) is 0 Å². The fraction of sp³-hybridized carbons (Fsp3) is 0.714. The Kier molecular flexibility index (Phi) is 1.85. The van der Waals surface area contributed by atoms with Gasteiger partial charge in [-0.3, -0.25) is 9.59 Å². The summed E-state index contributed by atoms with van der Waals surface area (Å²) in [5.74, 6) is -2.04. The fourth-order valence-electron chi connectivity index (χ4n) is 1.10. The van der Waals surface area contributed by atoms with Crippen molar-refractivity contribution in [1.82, 2.24) is 4.90 Å². The minimum absolute atomic E-state index is 0.123. The Morgan fingerprint density at radius 2 is 2.27 bits per heavy atom. The van der Waals surface area contributed by atoms with Gasteiger partial charge < -0.3 is 10.0 Å². The summed E-state index contributed by atoms with van der Waals surface area (Å²) in [6.07, 6.45) is 0. The van der Waals surface area contributed by atoms with E-state index in [1.165, 1.54) is 0 Å². The number of likely N-dealkylation sites (tertiary alicyclic amines) is 1. The molecule has 1 saturated heterocycles. The summed E-state index contributed by atoms with van der Waals surface area (Å²) in [5, 5.41) is 8.46. The highest BCUT2D eigenvalue weighted by molar-refractivity contribution is 6.01. The molecule has 1 fully saturated rings. The molecule has 0 saturated carbocycles. The number of amides is 1. The maximum Gasteiger partial charge on any atom is 0.317 e. The predicted octanol–water partition coefficient (Wildman–Crippen LogP) is -0.0622. The second kappa shape index (κ2) is 2.53. The van der Waals surface area contributed by atoms with E-state index < -0.39 is 11.9 Å². The third-order valence-corrected chi connectivity index (χ3v) is 1.88. The van der Waals surface area contributed by atoms with E-state index in [2.05, 4.69) is 0 Å². The molecule has 0 radical (unpaired) electrons. The summed E-state index contributed by atoms with van der Waals surface area (Å²) in [5.41, 5.74) is 0. The molecule has 1 amide bonds. The smallest absolute Gasteiger partial charge is 0.317 e. The topological polar surface area (TPSA) is 57.6 Å². The van der Waals surface area contributed by atoms with Crippen LogP contribution >= 0.6 is 0 Å². The third kappa shape index (κ3) is 1.20. The minimum atomic E-state index is -1.01. The number of rotatable bonds is 2. The first-order valence-corrected chi connectivity index (χ1v) is 3.57. The zero-order chi connectivity index (χ0) is 8.59. The van der Waals surface area contributed by atoms with Crippen molar-refractivity contribution in [1.29, 1.82) is 0 Å². The normalized spacial score (nSPS) is 23.7. The molecule has 0 bridgehead atoms. The molecule has 62 valence electrons. The lowest BCUT2D eigenvalue weighted by Gasteiger charge is -2.39. The van der Waals surface area contributed by atoms with Crippen LogP contribution in [-0.4, -0.2) is 34.5 Å². The number of carboxylic acid groups (broad SMARTS) is 1. The second-order valence-corrected chi connectivity index (χ2v) is 2.98. The van der Waals surface area contributed by atoms with Crippen molar-refractivity contribution in [3.8, 4) is 0 Å². The fourth-order valence-corrected chi connectivity index (χ4v) is 1.10. The molecule has 11 heavy (non-hydrogen) atoms. The molecule has 0 aromatic carbocycles. The molecular weight excluding hydrogens is 146 g/mol. The van der Waals surface area contributed by atoms with Crippen LogP contribution in [0.2, 0.25) is 0 Å². The largest absolute Gasteiger partial charge is 0.481 e. The Morgan fingerprint density at radius 3 is 2.55 bits per heavy atom. The number of nitrogens with zero attached hydrogens (tertiary/aromatic N) is 1. The Bertz CT molecular complexity index is 200. The third-order valence-electron chi connectivity index (χ3n) is 1.88. The van der Waals surface area contributed by atoms with Crippen molar-refractivity contribution in [2.45, 2.75) is 19.9 Å². The molecule has 0 aromatic heterocycles. The van der Waals surface area contributed by atoms with Gasteiger partial charge in [0.2, 0.25) is 5.91 Å². The highest BCUT2D eigenvalue weighted by Crippen LogP contribution is 2.19. The van der Waals surface area contributed by atoms with Crippen LogP contribution in [0, 0.1) is 5.92 Å². The van der Waals surface area contributed by atoms with E-state index in [-0.39, 0.29) is 11.9 Å². The van der Waals surface area contributed by atoms with Crippen molar-refractivity contribution in [2.24, 2.45) is 5.92 Å². The Balaban J connectivity index is 2.51. The number of carbonyl (C=O) groups is 2. The molecule has 4 nitrogen and oxygen atoms in total. The van der Waals surface area contributed by atoms with E-state index in [0.29, 0.717) is 6.54 Å². The number of hydrogen-bond acceptors (Lipinski definition) is 2. The van der Waals surface area contributed by atoms with Crippen LogP contribution in [0.3, 0.4) is 0 Å². The lowest BCUT2D eigenvalue weighted by atomic mass is 9.97. The van der Waals surface area contributed by atoms with Crippen molar-refractivity contribution in [2.75, 3.05) is 6.54 Å². The summed E-state index contributed by atoms with van der Waals surface area (Å²) in [6.45, 7) is 4.11. The molecule has 1 rings (SSSR count). The Hall–Kier alpha value is -1.06. The van der Waals surface area contributed by atoms with Crippen molar-refractivity contribution in [3.63, 3.8) is 0 Å². The Labute approximate surface area is 64.8 Å². The number of aliphatic carboxylic acids is 1. The summed E-state index contributed by atoms with van der Waals surface area (Å²) < 4.78 is 0. The van der Waals surface area contributed by atoms with Gasteiger partial charge in [-0.15, -0.1) is 0 Å². The van der Waals surface area contributed by atoms with Gasteiger partial charge in [0.15, 0.2) is 5.92 Å². The highest BCUT2D eigenvalue weighted by atomic mass is 16.4. The number of hydrogen-bond donors (Lipinski definition) is 1. The first kappa shape index (κ1) is 8.04. The van der Waals surface area contributed by atoms with Gasteiger partial charge in [-0.25, -0.2) is 0 Å². The number of carbonyl (C=O) groups excluding carboxylic acids is 1. The molecule has 1 aliphatic rings.